The minimum atomic E-state index is -0.452. The van der Waals surface area contributed by atoms with Crippen molar-refractivity contribution >= 4 is 29.3 Å². The largest absolute Gasteiger partial charge is 0.488 e. The van der Waals surface area contributed by atoms with E-state index in [1.54, 1.807) is 31.9 Å². The van der Waals surface area contributed by atoms with Crippen LogP contribution in [0.3, 0.4) is 0 Å². The Hall–Kier alpha value is -0.950. The van der Waals surface area contributed by atoms with Crippen molar-refractivity contribution in [1.82, 2.24) is 0 Å². The van der Waals surface area contributed by atoms with E-state index in [-0.39, 0.29) is 5.02 Å². The number of benzene rings is 1. The molecule has 0 unspecified atom stereocenters. The molecule has 130 valence electrons. The van der Waals surface area contributed by atoms with E-state index in [4.69, 9.17) is 30.5 Å². The van der Waals surface area contributed by atoms with Gasteiger partial charge in [0, 0.05) is 7.11 Å². The van der Waals surface area contributed by atoms with Gasteiger partial charge >= 0.3 is 5.97 Å². The normalized spacial score (nSPS) is 10.6. The maximum Gasteiger partial charge on any atom is 0.339 e. The number of thioether (sulfide) groups is 1. The molecule has 0 bridgehead atoms. The maximum atomic E-state index is 11.9. The molecule has 0 aliphatic heterocycles. The monoisotopic (exact) mass is 362 g/mol. The molecule has 5 nitrogen and oxygen atoms in total. The number of halogens is 1. The highest BCUT2D eigenvalue weighted by Crippen LogP contribution is 2.38. The second-order valence-corrected chi connectivity index (χ2v) is 6.05. The first-order valence-electron chi connectivity index (χ1n) is 7.47. The number of ether oxygens (including phenoxy) is 4. The van der Waals surface area contributed by atoms with Crippen LogP contribution in [0, 0.1) is 0 Å². The molecule has 0 spiro atoms. The molecule has 7 heteroatoms. The first-order chi connectivity index (χ1) is 11.2. The Morgan fingerprint density at radius 1 is 1.17 bits per heavy atom. The molecule has 0 N–H and O–H groups in total. The van der Waals surface area contributed by atoms with Crippen LogP contribution in [0.25, 0.3) is 0 Å². The van der Waals surface area contributed by atoms with Gasteiger partial charge in [-0.3, -0.25) is 0 Å². The lowest BCUT2D eigenvalue weighted by Gasteiger charge is -2.15. The smallest absolute Gasteiger partial charge is 0.339 e. The van der Waals surface area contributed by atoms with Crippen molar-refractivity contribution in [2.75, 3.05) is 45.9 Å². The summed E-state index contributed by atoms with van der Waals surface area (Å²) >= 11 is 7.94. The van der Waals surface area contributed by atoms with Crippen molar-refractivity contribution in [1.29, 1.82) is 0 Å². The molecule has 0 fully saturated rings. The molecule has 0 atom stereocenters. The molecule has 0 amide bonds. The van der Waals surface area contributed by atoms with Crippen LogP contribution < -0.4 is 4.74 Å². The standard InChI is InChI=1S/C16H23ClO5S/c1-4-21-16(18)12-6-7-13(23-5-2)15(14(12)17)22-11-10-20-9-8-19-3/h6-7H,4-5,8-11H2,1-3H3. The number of hydrogen-bond donors (Lipinski definition) is 0. The van der Waals surface area contributed by atoms with E-state index in [9.17, 15) is 4.79 Å². The second-order valence-electron chi connectivity index (χ2n) is 4.36. The summed E-state index contributed by atoms with van der Waals surface area (Å²) in [7, 11) is 1.62. The summed E-state index contributed by atoms with van der Waals surface area (Å²) in [6.07, 6.45) is 0. The molecule has 0 saturated heterocycles. The zero-order chi connectivity index (χ0) is 17.1. The number of methoxy groups -OCH3 is 1. The molecule has 1 aromatic carbocycles. The quantitative estimate of drug-likeness (QED) is 0.340. The predicted molar refractivity (Wildman–Crippen MR) is 92.0 cm³/mol. The van der Waals surface area contributed by atoms with Gasteiger partial charge in [-0.25, -0.2) is 4.79 Å². The molecular weight excluding hydrogens is 340 g/mol. The average Bonchev–Trinajstić information content (AvgIpc) is 2.53. The Balaban J connectivity index is 2.79. The molecule has 0 saturated carbocycles. The Labute approximate surface area is 146 Å². The molecule has 0 heterocycles. The van der Waals surface area contributed by atoms with E-state index in [2.05, 4.69) is 0 Å². The van der Waals surface area contributed by atoms with E-state index >= 15 is 0 Å². The maximum absolute atomic E-state index is 11.9. The van der Waals surface area contributed by atoms with Gasteiger partial charge in [-0.1, -0.05) is 18.5 Å². The number of esters is 1. The lowest BCUT2D eigenvalue weighted by atomic mass is 10.2. The highest BCUT2D eigenvalue weighted by Gasteiger charge is 2.19. The van der Waals surface area contributed by atoms with Gasteiger partial charge in [-0.2, -0.15) is 0 Å². The van der Waals surface area contributed by atoms with E-state index in [0.717, 1.165) is 10.6 Å². The van der Waals surface area contributed by atoms with Gasteiger partial charge in [0.25, 0.3) is 0 Å². The summed E-state index contributed by atoms with van der Waals surface area (Å²) in [6.45, 7) is 5.89. The minimum Gasteiger partial charge on any atom is -0.488 e. The van der Waals surface area contributed by atoms with Crippen molar-refractivity contribution in [2.45, 2.75) is 18.7 Å². The average molecular weight is 363 g/mol. The van der Waals surface area contributed by atoms with Gasteiger partial charge in [-0.05, 0) is 24.8 Å². The Bertz CT molecular complexity index is 496. The first-order valence-corrected chi connectivity index (χ1v) is 8.83. The van der Waals surface area contributed by atoms with Crippen LogP contribution in [0.1, 0.15) is 24.2 Å². The van der Waals surface area contributed by atoms with E-state index < -0.39 is 5.97 Å². The fourth-order valence-electron chi connectivity index (χ4n) is 1.76. The summed E-state index contributed by atoms with van der Waals surface area (Å²) in [6, 6.07) is 3.49. The summed E-state index contributed by atoms with van der Waals surface area (Å²) in [5.41, 5.74) is 0.310. The lowest BCUT2D eigenvalue weighted by molar-refractivity contribution is 0.0519. The van der Waals surface area contributed by atoms with E-state index in [1.807, 2.05) is 13.0 Å². The fraction of sp³-hybridized carbons (Fsp3) is 0.562. The van der Waals surface area contributed by atoms with E-state index in [1.165, 1.54) is 0 Å². The summed E-state index contributed by atoms with van der Waals surface area (Å²) < 4.78 is 21.0. The van der Waals surface area contributed by atoms with Crippen molar-refractivity contribution in [3.8, 4) is 5.75 Å². The zero-order valence-electron chi connectivity index (χ0n) is 13.7. The SMILES string of the molecule is CCOC(=O)c1ccc(SCC)c(OCCOCCOC)c1Cl. The van der Waals surface area contributed by atoms with E-state index in [0.29, 0.717) is 44.3 Å². The molecule has 1 rings (SSSR count). The third-order valence-electron chi connectivity index (χ3n) is 2.76. The van der Waals surface area contributed by atoms with Gasteiger partial charge in [0.05, 0.1) is 41.9 Å². The van der Waals surface area contributed by atoms with Gasteiger partial charge in [0.1, 0.15) is 6.61 Å². The van der Waals surface area contributed by atoms with Crippen molar-refractivity contribution < 1.29 is 23.7 Å². The molecular formula is C16H23ClO5S. The number of rotatable bonds is 11. The topological polar surface area (TPSA) is 54.0 Å². The molecule has 0 aliphatic rings. The van der Waals surface area contributed by atoms with Gasteiger partial charge in [-0.15, -0.1) is 11.8 Å². The third-order valence-corrected chi connectivity index (χ3v) is 4.06. The molecule has 0 aromatic heterocycles. The van der Waals surface area contributed by atoms with Crippen LogP contribution in [-0.4, -0.2) is 51.9 Å². The van der Waals surface area contributed by atoms with Gasteiger partial charge < -0.3 is 18.9 Å². The Kier molecular flexibility index (Phi) is 10.1. The van der Waals surface area contributed by atoms with Gasteiger partial charge in [0.2, 0.25) is 0 Å². The second kappa shape index (κ2) is 11.6. The Morgan fingerprint density at radius 3 is 2.57 bits per heavy atom. The molecule has 0 radical (unpaired) electrons. The first kappa shape index (κ1) is 20.1. The van der Waals surface area contributed by atoms with Crippen LogP contribution in [0.4, 0.5) is 0 Å². The highest BCUT2D eigenvalue weighted by molar-refractivity contribution is 7.99. The number of carbonyl (C=O) groups is 1. The van der Waals surface area contributed by atoms with Crippen LogP contribution in [0.15, 0.2) is 17.0 Å². The van der Waals surface area contributed by atoms with Crippen molar-refractivity contribution in [2.24, 2.45) is 0 Å². The molecule has 0 aliphatic carbocycles. The minimum absolute atomic E-state index is 0.277. The third kappa shape index (κ3) is 6.59. The molecule has 1 aromatic rings. The number of hydrogen-bond acceptors (Lipinski definition) is 6. The predicted octanol–water partition coefficient (Wildman–Crippen LogP) is 3.67. The molecule has 23 heavy (non-hydrogen) atoms. The van der Waals surface area contributed by atoms with Crippen LogP contribution in [-0.2, 0) is 14.2 Å². The summed E-state index contributed by atoms with van der Waals surface area (Å²) in [5, 5.41) is 0.277. The van der Waals surface area contributed by atoms with Crippen molar-refractivity contribution in [3.05, 3.63) is 22.7 Å². The summed E-state index contributed by atoms with van der Waals surface area (Å²) in [5.74, 6) is 0.918. The van der Waals surface area contributed by atoms with Crippen LogP contribution in [0.2, 0.25) is 5.02 Å². The van der Waals surface area contributed by atoms with Gasteiger partial charge in [0.15, 0.2) is 5.75 Å². The highest BCUT2D eigenvalue weighted by atomic mass is 35.5. The van der Waals surface area contributed by atoms with Crippen molar-refractivity contribution in [3.63, 3.8) is 0 Å². The lowest BCUT2D eigenvalue weighted by Crippen LogP contribution is -2.12. The number of carbonyl (C=O) groups excluding carboxylic acids is 1. The van der Waals surface area contributed by atoms with Crippen LogP contribution in [0.5, 0.6) is 5.75 Å². The van der Waals surface area contributed by atoms with Crippen LogP contribution >= 0.6 is 23.4 Å². The zero-order valence-corrected chi connectivity index (χ0v) is 15.3. The Morgan fingerprint density at radius 2 is 1.91 bits per heavy atom. The summed E-state index contributed by atoms with van der Waals surface area (Å²) in [4.78, 5) is 12.8. The fourth-order valence-corrected chi connectivity index (χ4v) is 2.88.